The lowest BCUT2D eigenvalue weighted by Crippen LogP contribution is -2.38. The average molecular weight is 244 g/mol. The van der Waals surface area contributed by atoms with E-state index in [-0.39, 0.29) is 12.5 Å². The van der Waals surface area contributed by atoms with Crippen molar-refractivity contribution >= 4 is 11.9 Å². The highest BCUT2D eigenvalue weighted by atomic mass is 16.5. The first-order chi connectivity index (χ1) is 7.66. The maximum atomic E-state index is 11.1. The van der Waals surface area contributed by atoms with Crippen molar-refractivity contribution < 1.29 is 24.5 Å². The molecule has 0 heterocycles. The van der Waals surface area contributed by atoms with Crippen molar-refractivity contribution in [3.63, 3.8) is 0 Å². The number of aliphatic hydroxyl groups is 1. The van der Waals surface area contributed by atoms with Crippen LogP contribution in [0.3, 0.4) is 0 Å². The maximum absolute atomic E-state index is 11.1. The summed E-state index contributed by atoms with van der Waals surface area (Å²) in [6, 6.07) is 0. The van der Waals surface area contributed by atoms with E-state index in [4.69, 9.17) is 9.84 Å². The van der Waals surface area contributed by atoms with Gasteiger partial charge in [0.05, 0.1) is 12.7 Å². The molecule has 0 aromatic heterocycles. The number of carbonyl (C=O) groups is 2. The number of carboxylic acid groups (broad SMARTS) is 1. The largest absolute Gasteiger partial charge is 0.478 e. The fourth-order valence-electron chi connectivity index (χ4n) is 1.43. The van der Waals surface area contributed by atoms with Gasteiger partial charge in [-0.2, -0.15) is 0 Å². The maximum Gasteiger partial charge on any atom is 0.331 e. The molecule has 0 rings (SSSR count). The van der Waals surface area contributed by atoms with E-state index in [9.17, 15) is 14.7 Å². The number of carbonyl (C=O) groups excluding carboxylic acids is 1. The van der Waals surface area contributed by atoms with Crippen molar-refractivity contribution in [1.82, 2.24) is 0 Å². The molecule has 17 heavy (non-hydrogen) atoms. The Balaban J connectivity index is 4.27. The number of rotatable bonds is 6. The number of hydrogen-bond donors (Lipinski definition) is 2. The van der Waals surface area contributed by atoms with E-state index < -0.39 is 23.5 Å². The molecule has 0 amide bonds. The van der Waals surface area contributed by atoms with Crippen LogP contribution in [0.1, 0.15) is 27.7 Å². The fourth-order valence-corrected chi connectivity index (χ4v) is 1.43. The first-order valence-corrected chi connectivity index (χ1v) is 5.42. The van der Waals surface area contributed by atoms with E-state index in [0.717, 1.165) is 6.08 Å². The van der Waals surface area contributed by atoms with E-state index in [0.29, 0.717) is 6.08 Å². The summed E-state index contributed by atoms with van der Waals surface area (Å²) in [4.78, 5) is 21.3. The Kier molecular flexibility index (Phi) is 5.88. The average Bonchev–Trinajstić information content (AvgIpc) is 2.22. The van der Waals surface area contributed by atoms with Crippen LogP contribution >= 0.6 is 0 Å². The van der Waals surface area contributed by atoms with E-state index in [1.54, 1.807) is 13.8 Å². The zero-order chi connectivity index (χ0) is 13.6. The first kappa shape index (κ1) is 15.6. The molecule has 0 spiro atoms. The lowest BCUT2D eigenvalue weighted by Gasteiger charge is -2.32. The smallest absolute Gasteiger partial charge is 0.331 e. The number of esters is 1. The summed E-state index contributed by atoms with van der Waals surface area (Å²) in [5.74, 6) is -1.88. The molecule has 0 aromatic carbocycles. The van der Waals surface area contributed by atoms with Crippen LogP contribution in [0.15, 0.2) is 12.2 Å². The molecule has 0 aliphatic rings. The molecule has 0 saturated heterocycles. The Hall–Kier alpha value is -1.36. The van der Waals surface area contributed by atoms with E-state index in [1.165, 1.54) is 0 Å². The topological polar surface area (TPSA) is 83.8 Å². The van der Waals surface area contributed by atoms with Crippen molar-refractivity contribution in [2.24, 2.45) is 11.3 Å². The van der Waals surface area contributed by atoms with Gasteiger partial charge in [-0.3, -0.25) is 0 Å². The molecule has 0 aromatic rings. The predicted octanol–water partition coefficient (Wildman–Crippen LogP) is 1.21. The molecular weight excluding hydrogens is 224 g/mol. The highest BCUT2D eigenvalue weighted by Gasteiger charge is 2.31. The lowest BCUT2D eigenvalue weighted by atomic mass is 9.81. The molecule has 0 aliphatic carbocycles. The first-order valence-electron chi connectivity index (χ1n) is 5.42. The Labute approximate surface area is 101 Å². The van der Waals surface area contributed by atoms with E-state index in [1.807, 2.05) is 13.8 Å². The minimum absolute atomic E-state index is 0.0368. The number of ether oxygens (including phenoxy) is 1. The monoisotopic (exact) mass is 244 g/mol. The molecule has 0 radical (unpaired) electrons. The zero-order valence-corrected chi connectivity index (χ0v) is 10.6. The van der Waals surface area contributed by atoms with Crippen LogP contribution in [-0.4, -0.2) is 34.9 Å². The summed E-state index contributed by atoms with van der Waals surface area (Å²) >= 11 is 0. The Bertz CT molecular complexity index is 304. The second-order valence-electron chi connectivity index (χ2n) is 4.96. The van der Waals surface area contributed by atoms with Crippen LogP contribution in [0.4, 0.5) is 0 Å². The third-order valence-electron chi connectivity index (χ3n) is 2.38. The van der Waals surface area contributed by atoms with Gasteiger partial charge in [-0.15, -0.1) is 0 Å². The standard InChI is InChI=1S/C12H20O5/c1-8(2)11(16)12(3,4)7-17-10(15)6-5-9(13)14/h5-6,8,11,16H,7H2,1-4H3,(H,13,14)/b6-5-. The van der Waals surface area contributed by atoms with E-state index >= 15 is 0 Å². The van der Waals surface area contributed by atoms with Crippen LogP contribution in [0, 0.1) is 11.3 Å². The molecule has 0 aliphatic heterocycles. The molecule has 0 saturated carbocycles. The Morgan fingerprint density at radius 3 is 2.24 bits per heavy atom. The van der Waals surface area contributed by atoms with Crippen molar-refractivity contribution in [2.75, 3.05) is 6.61 Å². The van der Waals surface area contributed by atoms with Gasteiger partial charge in [-0.05, 0) is 5.92 Å². The number of aliphatic hydroxyl groups excluding tert-OH is 1. The van der Waals surface area contributed by atoms with Crippen molar-refractivity contribution in [3.8, 4) is 0 Å². The predicted molar refractivity (Wildman–Crippen MR) is 62.4 cm³/mol. The van der Waals surface area contributed by atoms with Gasteiger partial charge >= 0.3 is 11.9 Å². The minimum Gasteiger partial charge on any atom is -0.478 e. The molecule has 98 valence electrons. The Morgan fingerprint density at radius 2 is 1.82 bits per heavy atom. The SMILES string of the molecule is CC(C)C(O)C(C)(C)COC(=O)/C=C\C(=O)O. The van der Waals surface area contributed by atoms with Crippen LogP contribution in [-0.2, 0) is 14.3 Å². The third kappa shape index (κ3) is 6.06. The Morgan fingerprint density at radius 1 is 1.29 bits per heavy atom. The van der Waals surface area contributed by atoms with Gasteiger partial charge < -0.3 is 14.9 Å². The van der Waals surface area contributed by atoms with Gasteiger partial charge in [0.1, 0.15) is 0 Å². The molecule has 1 atom stereocenters. The van der Waals surface area contributed by atoms with Crippen LogP contribution in [0.25, 0.3) is 0 Å². The molecule has 2 N–H and O–H groups in total. The van der Waals surface area contributed by atoms with Crippen molar-refractivity contribution in [1.29, 1.82) is 0 Å². The molecule has 0 fully saturated rings. The summed E-state index contributed by atoms with van der Waals surface area (Å²) in [6.07, 6.45) is 0.965. The van der Waals surface area contributed by atoms with Gasteiger partial charge in [-0.1, -0.05) is 27.7 Å². The highest BCUT2D eigenvalue weighted by Crippen LogP contribution is 2.26. The van der Waals surface area contributed by atoms with Crippen molar-refractivity contribution in [3.05, 3.63) is 12.2 Å². The van der Waals surface area contributed by atoms with Crippen molar-refractivity contribution in [2.45, 2.75) is 33.8 Å². The highest BCUT2D eigenvalue weighted by molar-refractivity contribution is 5.90. The second kappa shape index (κ2) is 6.39. The quantitative estimate of drug-likeness (QED) is 0.542. The summed E-state index contributed by atoms with van der Waals surface area (Å²) in [5.41, 5.74) is -0.569. The molecular formula is C12H20O5. The van der Waals surface area contributed by atoms with Gasteiger partial charge in [0.25, 0.3) is 0 Å². The third-order valence-corrected chi connectivity index (χ3v) is 2.38. The van der Waals surface area contributed by atoms with Gasteiger partial charge in [0, 0.05) is 17.6 Å². The normalized spacial score (nSPS) is 14.0. The minimum atomic E-state index is -1.21. The molecule has 5 nitrogen and oxygen atoms in total. The van der Waals surface area contributed by atoms with Gasteiger partial charge in [0.15, 0.2) is 0 Å². The fraction of sp³-hybridized carbons (Fsp3) is 0.667. The number of hydrogen-bond acceptors (Lipinski definition) is 4. The van der Waals surface area contributed by atoms with E-state index in [2.05, 4.69) is 0 Å². The van der Waals surface area contributed by atoms with Gasteiger partial charge in [0.2, 0.25) is 0 Å². The van der Waals surface area contributed by atoms with Crippen LogP contribution in [0.5, 0.6) is 0 Å². The summed E-state index contributed by atoms with van der Waals surface area (Å²) in [7, 11) is 0. The molecule has 5 heteroatoms. The zero-order valence-electron chi connectivity index (χ0n) is 10.6. The second-order valence-corrected chi connectivity index (χ2v) is 4.96. The number of carboxylic acids is 1. The summed E-state index contributed by atoms with van der Waals surface area (Å²) < 4.78 is 4.88. The lowest BCUT2D eigenvalue weighted by molar-refractivity contribution is -0.144. The van der Waals surface area contributed by atoms with Crippen LogP contribution in [0.2, 0.25) is 0 Å². The molecule has 1 unspecified atom stereocenters. The molecule has 0 bridgehead atoms. The van der Waals surface area contributed by atoms with Crippen LogP contribution < -0.4 is 0 Å². The summed E-state index contributed by atoms with van der Waals surface area (Å²) in [6.45, 7) is 7.35. The number of aliphatic carboxylic acids is 1. The summed E-state index contributed by atoms with van der Waals surface area (Å²) in [5, 5.41) is 18.2. The van der Waals surface area contributed by atoms with Gasteiger partial charge in [-0.25, -0.2) is 9.59 Å².